The van der Waals surface area contributed by atoms with Gasteiger partial charge in [-0.05, 0) is 37.6 Å². The Balaban J connectivity index is 1.91. The Bertz CT molecular complexity index is 366. The van der Waals surface area contributed by atoms with Crippen LogP contribution in [0.15, 0.2) is 0 Å². The van der Waals surface area contributed by atoms with E-state index >= 15 is 0 Å². The first-order valence-electron chi connectivity index (χ1n) is 7.16. The number of piperidine rings is 1. The van der Waals surface area contributed by atoms with Crippen molar-refractivity contribution in [2.75, 3.05) is 25.4 Å². The summed E-state index contributed by atoms with van der Waals surface area (Å²) in [6.45, 7) is 6.86. The molecule has 2 saturated heterocycles. The Morgan fingerprint density at radius 3 is 2.50 bits per heavy atom. The zero-order valence-corrected chi connectivity index (χ0v) is 12.4. The van der Waals surface area contributed by atoms with Crippen LogP contribution in [0, 0.1) is 5.41 Å². The average molecular weight is 274 g/mol. The number of hydrogen-bond acceptors (Lipinski definition) is 3. The van der Waals surface area contributed by atoms with Crippen LogP contribution in [0.1, 0.15) is 46.0 Å². The van der Waals surface area contributed by atoms with Crippen molar-refractivity contribution < 1.29 is 8.42 Å². The van der Waals surface area contributed by atoms with E-state index in [0.29, 0.717) is 18.5 Å². The fraction of sp³-hybridized carbons (Fsp3) is 1.00. The Kier molecular flexibility index (Phi) is 4.34. The topological polar surface area (TPSA) is 49.4 Å². The highest BCUT2D eigenvalue weighted by atomic mass is 32.2. The average Bonchev–Trinajstić information content (AvgIpc) is 2.82. The summed E-state index contributed by atoms with van der Waals surface area (Å²) in [6, 6.07) is 0.175. The molecule has 2 heterocycles. The molecule has 0 bridgehead atoms. The fourth-order valence-corrected chi connectivity index (χ4v) is 4.66. The van der Waals surface area contributed by atoms with E-state index in [0.717, 1.165) is 38.6 Å². The van der Waals surface area contributed by atoms with Gasteiger partial charge in [0.05, 0.1) is 5.75 Å². The molecule has 106 valence electrons. The summed E-state index contributed by atoms with van der Waals surface area (Å²) in [5, 5.41) is 3.27. The largest absolute Gasteiger partial charge is 0.313 e. The third kappa shape index (κ3) is 3.25. The minimum Gasteiger partial charge on any atom is -0.313 e. The highest BCUT2D eigenvalue weighted by Crippen LogP contribution is 2.34. The van der Waals surface area contributed by atoms with Crippen molar-refractivity contribution in [3.05, 3.63) is 0 Å². The van der Waals surface area contributed by atoms with Crippen molar-refractivity contribution in [1.29, 1.82) is 0 Å². The lowest BCUT2D eigenvalue weighted by Gasteiger charge is -2.38. The van der Waals surface area contributed by atoms with Gasteiger partial charge in [-0.3, -0.25) is 0 Å². The second-order valence-electron chi connectivity index (χ2n) is 6.14. The summed E-state index contributed by atoms with van der Waals surface area (Å²) < 4.78 is 26.4. The molecule has 1 N–H and O–H groups in total. The highest BCUT2D eigenvalue weighted by molar-refractivity contribution is 7.89. The van der Waals surface area contributed by atoms with Gasteiger partial charge in [0.25, 0.3) is 0 Å². The molecule has 2 rings (SSSR count). The van der Waals surface area contributed by atoms with Gasteiger partial charge in [-0.1, -0.05) is 20.3 Å². The van der Waals surface area contributed by atoms with E-state index in [9.17, 15) is 8.42 Å². The predicted molar refractivity (Wildman–Crippen MR) is 74.0 cm³/mol. The van der Waals surface area contributed by atoms with Crippen LogP contribution in [-0.4, -0.2) is 44.2 Å². The third-order valence-corrected chi connectivity index (χ3v) is 6.73. The lowest BCUT2D eigenvalue weighted by molar-refractivity contribution is 0.168. The predicted octanol–water partition coefficient (Wildman–Crippen LogP) is 1.58. The van der Waals surface area contributed by atoms with Crippen molar-refractivity contribution in [1.82, 2.24) is 9.62 Å². The first-order chi connectivity index (χ1) is 8.45. The molecule has 2 fully saturated rings. The van der Waals surface area contributed by atoms with Crippen molar-refractivity contribution in [3.63, 3.8) is 0 Å². The molecular formula is C13H26N2O2S. The molecular weight excluding hydrogens is 248 g/mol. The van der Waals surface area contributed by atoms with E-state index < -0.39 is 10.0 Å². The summed E-state index contributed by atoms with van der Waals surface area (Å²) in [4.78, 5) is 0. The van der Waals surface area contributed by atoms with Crippen LogP contribution in [0.4, 0.5) is 0 Å². The number of nitrogens with zero attached hydrogens (tertiary/aromatic N) is 1. The first kappa shape index (κ1) is 14.3. The molecule has 18 heavy (non-hydrogen) atoms. The lowest BCUT2D eigenvalue weighted by Crippen LogP contribution is -2.45. The third-order valence-electron chi connectivity index (χ3n) is 4.75. The smallest absolute Gasteiger partial charge is 0.215 e. The van der Waals surface area contributed by atoms with E-state index in [1.165, 1.54) is 0 Å². The molecule has 4 nitrogen and oxygen atoms in total. The van der Waals surface area contributed by atoms with Gasteiger partial charge in [0, 0.05) is 19.1 Å². The second kappa shape index (κ2) is 5.47. The maximum Gasteiger partial charge on any atom is 0.215 e. The molecule has 0 radical (unpaired) electrons. The van der Waals surface area contributed by atoms with Crippen LogP contribution in [-0.2, 0) is 10.0 Å². The van der Waals surface area contributed by atoms with Crippen LogP contribution in [0.2, 0.25) is 0 Å². The SMILES string of the molecule is CCC1(C)CCN(S(=O)(=O)CC2CCCN2)CC1. The van der Waals surface area contributed by atoms with Gasteiger partial charge in [-0.25, -0.2) is 12.7 Å². The summed E-state index contributed by atoms with van der Waals surface area (Å²) >= 11 is 0. The van der Waals surface area contributed by atoms with E-state index in [-0.39, 0.29) is 11.8 Å². The van der Waals surface area contributed by atoms with Gasteiger partial charge < -0.3 is 5.32 Å². The maximum atomic E-state index is 12.3. The number of sulfonamides is 1. The van der Waals surface area contributed by atoms with Crippen molar-refractivity contribution in [2.45, 2.75) is 52.0 Å². The molecule has 5 heteroatoms. The Morgan fingerprint density at radius 2 is 2.00 bits per heavy atom. The fourth-order valence-electron chi connectivity index (χ4n) is 2.92. The molecule has 1 unspecified atom stereocenters. The van der Waals surface area contributed by atoms with Gasteiger partial charge in [-0.15, -0.1) is 0 Å². The van der Waals surface area contributed by atoms with E-state index in [4.69, 9.17) is 0 Å². The summed E-state index contributed by atoms with van der Waals surface area (Å²) in [5.41, 5.74) is 0.345. The lowest BCUT2D eigenvalue weighted by atomic mass is 9.79. The summed E-state index contributed by atoms with van der Waals surface area (Å²) in [7, 11) is -3.05. The number of rotatable bonds is 4. The van der Waals surface area contributed by atoms with Gasteiger partial charge in [-0.2, -0.15) is 0 Å². The van der Waals surface area contributed by atoms with Crippen LogP contribution in [0.25, 0.3) is 0 Å². The molecule has 1 atom stereocenters. The zero-order valence-electron chi connectivity index (χ0n) is 11.6. The quantitative estimate of drug-likeness (QED) is 0.847. The standard InChI is InChI=1S/C13H26N2O2S/c1-3-13(2)6-9-15(10-7-13)18(16,17)11-12-5-4-8-14-12/h12,14H,3-11H2,1-2H3. The van der Waals surface area contributed by atoms with E-state index in [2.05, 4.69) is 19.2 Å². The van der Waals surface area contributed by atoms with Gasteiger partial charge in [0.1, 0.15) is 0 Å². The Hall–Kier alpha value is -0.130. The van der Waals surface area contributed by atoms with Gasteiger partial charge in [0.2, 0.25) is 10.0 Å². The van der Waals surface area contributed by atoms with Crippen molar-refractivity contribution >= 4 is 10.0 Å². The van der Waals surface area contributed by atoms with Gasteiger partial charge >= 0.3 is 0 Å². The van der Waals surface area contributed by atoms with Crippen LogP contribution in [0.5, 0.6) is 0 Å². The Morgan fingerprint density at radius 1 is 1.33 bits per heavy atom. The minimum absolute atomic E-state index is 0.175. The molecule has 0 aromatic heterocycles. The minimum atomic E-state index is -3.05. The molecule has 2 aliphatic rings. The first-order valence-corrected chi connectivity index (χ1v) is 8.77. The molecule has 0 spiro atoms. The molecule has 0 aliphatic carbocycles. The van der Waals surface area contributed by atoms with E-state index in [1.54, 1.807) is 4.31 Å². The van der Waals surface area contributed by atoms with Crippen LogP contribution in [0.3, 0.4) is 0 Å². The number of hydrogen-bond donors (Lipinski definition) is 1. The monoisotopic (exact) mass is 274 g/mol. The summed E-state index contributed by atoms with van der Waals surface area (Å²) in [6.07, 6.45) is 5.25. The van der Waals surface area contributed by atoms with Crippen LogP contribution >= 0.6 is 0 Å². The molecule has 0 aromatic rings. The number of nitrogens with one attached hydrogen (secondary N) is 1. The maximum absolute atomic E-state index is 12.3. The van der Waals surface area contributed by atoms with Gasteiger partial charge in [0.15, 0.2) is 0 Å². The van der Waals surface area contributed by atoms with Crippen molar-refractivity contribution in [2.24, 2.45) is 5.41 Å². The van der Waals surface area contributed by atoms with E-state index in [1.807, 2.05) is 0 Å². The zero-order chi connectivity index (χ0) is 13.2. The second-order valence-corrected chi connectivity index (χ2v) is 8.15. The normalized spacial score (nSPS) is 29.6. The molecule has 0 aromatic carbocycles. The van der Waals surface area contributed by atoms with Crippen LogP contribution < -0.4 is 5.32 Å². The highest BCUT2D eigenvalue weighted by Gasteiger charge is 2.34. The Labute approximate surface area is 111 Å². The van der Waals surface area contributed by atoms with Crippen molar-refractivity contribution in [3.8, 4) is 0 Å². The molecule has 0 amide bonds. The molecule has 0 saturated carbocycles. The summed E-state index contributed by atoms with van der Waals surface area (Å²) in [5.74, 6) is 0.288. The molecule has 2 aliphatic heterocycles.